The third kappa shape index (κ3) is 3.73. The standard InChI is InChI=1S/C14H17Cl3N2OS/c1-8(21(3)20)4-5-19-13-7-11(17)10(16)6-12(13)18-14(19)9(2)15/h6-9H,4-5H2,1-3H3. The maximum absolute atomic E-state index is 11.5. The fourth-order valence-corrected chi connectivity index (χ4v) is 3.07. The molecule has 0 saturated carbocycles. The van der Waals surface area contributed by atoms with Crippen LogP contribution in [0.1, 0.15) is 31.5 Å². The van der Waals surface area contributed by atoms with Gasteiger partial charge in [0.1, 0.15) is 5.82 Å². The number of hydrogen-bond acceptors (Lipinski definition) is 2. The lowest BCUT2D eigenvalue weighted by atomic mass is 10.3. The van der Waals surface area contributed by atoms with Crippen molar-refractivity contribution in [3.05, 3.63) is 28.0 Å². The third-order valence-corrected chi connectivity index (χ3v) is 5.79. The minimum atomic E-state index is -0.845. The summed E-state index contributed by atoms with van der Waals surface area (Å²) < 4.78 is 13.5. The van der Waals surface area contributed by atoms with Gasteiger partial charge in [-0.3, -0.25) is 4.21 Å². The molecule has 1 aromatic carbocycles. The second-order valence-electron chi connectivity index (χ2n) is 5.09. The van der Waals surface area contributed by atoms with Crippen molar-refractivity contribution in [1.29, 1.82) is 0 Å². The molecule has 3 atom stereocenters. The summed E-state index contributed by atoms with van der Waals surface area (Å²) in [6.45, 7) is 4.55. The Morgan fingerprint density at radius 3 is 2.48 bits per heavy atom. The highest BCUT2D eigenvalue weighted by molar-refractivity contribution is 7.84. The van der Waals surface area contributed by atoms with E-state index in [2.05, 4.69) is 4.98 Å². The van der Waals surface area contributed by atoms with E-state index in [1.54, 1.807) is 12.3 Å². The largest absolute Gasteiger partial charge is 0.327 e. The predicted octanol–water partition coefficient (Wildman–Crippen LogP) is 4.80. The van der Waals surface area contributed by atoms with Crippen LogP contribution in [0, 0.1) is 0 Å². The molecule has 0 amide bonds. The Balaban J connectivity index is 2.46. The van der Waals surface area contributed by atoms with E-state index in [0.717, 1.165) is 23.3 Å². The molecule has 0 aliphatic rings. The zero-order valence-corrected chi connectivity index (χ0v) is 15.2. The topological polar surface area (TPSA) is 34.9 Å². The molecule has 3 unspecified atom stereocenters. The SMILES string of the molecule is CC(Cl)c1nc2cc(Cl)c(Cl)cc2n1CCC(C)S(C)=O. The Kier molecular flexibility index (Phi) is 5.58. The monoisotopic (exact) mass is 366 g/mol. The molecule has 1 heterocycles. The van der Waals surface area contributed by atoms with Crippen LogP contribution in [-0.2, 0) is 17.3 Å². The van der Waals surface area contributed by atoms with Crippen LogP contribution in [0.15, 0.2) is 12.1 Å². The number of fused-ring (bicyclic) bond motifs is 1. The van der Waals surface area contributed by atoms with E-state index in [-0.39, 0.29) is 10.6 Å². The first-order valence-electron chi connectivity index (χ1n) is 6.62. The lowest BCUT2D eigenvalue weighted by Crippen LogP contribution is -2.14. The van der Waals surface area contributed by atoms with Gasteiger partial charge in [-0.2, -0.15) is 0 Å². The van der Waals surface area contributed by atoms with E-state index in [9.17, 15) is 4.21 Å². The average Bonchev–Trinajstić information content (AvgIpc) is 2.74. The summed E-state index contributed by atoms with van der Waals surface area (Å²) in [7, 11) is -0.845. The first-order chi connectivity index (χ1) is 9.81. The Morgan fingerprint density at radius 1 is 1.29 bits per heavy atom. The lowest BCUT2D eigenvalue weighted by molar-refractivity contribution is 0.608. The first kappa shape index (κ1) is 17.1. The van der Waals surface area contributed by atoms with E-state index < -0.39 is 10.8 Å². The summed E-state index contributed by atoms with van der Waals surface area (Å²) in [5, 5.41) is 0.859. The maximum atomic E-state index is 11.5. The van der Waals surface area contributed by atoms with Crippen molar-refractivity contribution in [3.63, 3.8) is 0 Å². The summed E-state index contributed by atoms with van der Waals surface area (Å²) in [6, 6.07) is 3.56. The fraction of sp³-hybridized carbons (Fsp3) is 0.500. The Hall–Kier alpha value is -0.290. The Labute approximate surface area is 142 Å². The second-order valence-corrected chi connectivity index (χ2v) is 8.36. The van der Waals surface area contributed by atoms with Crippen molar-refractivity contribution in [2.75, 3.05) is 6.26 Å². The number of benzene rings is 1. The van der Waals surface area contributed by atoms with Gasteiger partial charge in [-0.05, 0) is 25.5 Å². The van der Waals surface area contributed by atoms with Crippen LogP contribution >= 0.6 is 34.8 Å². The van der Waals surface area contributed by atoms with Crippen molar-refractivity contribution in [2.45, 2.75) is 37.4 Å². The molecule has 0 saturated heterocycles. The van der Waals surface area contributed by atoms with E-state index in [1.165, 1.54) is 0 Å². The number of alkyl halides is 1. The highest BCUT2D eigenvalue weighted by atomic mass is 35.5. The molecule has 2 rings (SSSR count). The van der Waals surface area contributed by atoms with Gasteiger partial charge in [0.25, 0.3) is 0 Å². The molecule has 0 bridgehead atoms. The van der Waals surface area contributed by atoms with Gasteiger partial charge in [0, 0.05) is 28.9 Å². The van der Waals surface area contributed by atoms with Crippen LogP contribution in [0.4, 0.5) is 0 Å². The number of aromatic nitrogens is 2. The van der Waals surface area contributed by atoms with Crippen LogP contribution in [0.25, 0.3) is 11.0 Å². The molecule has 0 N–H and O–H groups in total. The minimum absolute atomic E-state index is 0.115. The van der Waals surface area contributed by atoms with Crippen molar-refractivity contribution in [3.8, 4) is 0 Å². The molecular formula is C14H17Cl3N2OS. The molecule has 116 valence electrons. The van der Waals surface area contributed by atoms with Crippen LogP contribution in [0.3, 0.4) is 0 Å². The summed E-state index contributed by atoms with van der Waals surface area (Å²) in [4.78, 5) is 4.55. The first-order valence-corrected chi connectivity index (χ1v) is 9.44. The molecule has 7 heteroatoms. The third-order valence-electron chi connectivity index (χ3n) is 3.50. The van der Waals surface area contributed by atoms with Crippen molar-refractivity contribution >= 4 is 56.6 Å². The fourth-order valence-electron chi connectivity index (χ4n) is 2.15. The summed E-state index contributed by atoms with van der Waals surface area (Å²) in [5.41, 5.74) is 1.68. The normalized spacial score (nSPS) is 16.1. The Bertz CT molecular complexity index is 684. The number of aryl methyl sites for hydroxylation is 1. The number of halogens is 3. The van der Waals surface area contributed by atoms with E-state index in [0.29, 0.717) is 16.6 Å². The van der Waals surface area contributed by atoms with Gasteiger partial charge in [0.15, 0.2) is 0 Å². The summed E-state index contributed by atoms with van der Waals surface area (Å²) in [5.74, 6) is 0.777. The quantitative estimate of drug-likeness (QED) is 0.711. The van der Waals surface area contributed by atoms with Gasteiger partial charge in [-0.25, -0.2) is 4.98 Å². The molecule has 0 radical (unpaired) electrons. The number of nitrogens with zero attached hydrogens (tertiary/aromatic N) is 2. The van der Waals surface area contributed by atoms with Gasteiger partial charge in [0.05, 0.1) is 26.5 Å². The number of hydrogen-bond donors (Lipinski definition) is 0. The molecular weight excluding hydrogens is 351 g/mol. The molecule has 0 fully saturated rings. The van der Waals surface area contributed by atoms with Gasteiger partial charge in [-0.1, -0.05) is 30.1 Å². The second kappa shape index (κ2) is 6.86. The van der Waals surface area contributed by atoms with Crippen molar-refractivity contribution in [1.82, 2.24) is 9.55 Å². The van der Waals surface area contributed by atoms with Gasteiger partial charge in [0.2, 0.25) is 0 Å². The predicted molar refractivity (Wildman–Crippen MR) is 92.2 cm³/mol. The van der Waals surface area contributed by atoms with Crippen molar-refractivity contribution < 1.29 is 4.21 Å². The maximum Gasteiger partial charge on any atom is 0.127 e. The molecule has 3 nitrogen and oxygen atoms in total. The van der Waals surface area contributed by atoms with Gasteiger partial charge >= 0.3 is 0 Å². The van der Waals surface area contributed by atoms with Crippen molar-refractivity contribution in [2.24, 2.45) is 0 Å². The Morgan fingerprint density at radius 2 is 1.90 bits per heavy atom. The molecule has 0 spiro atoms. The molecule has 21 heavy (non-hydrogen) atoms. The molecule has 2 aromatic rings. The highest BCUT2D eigenvalue weighted by Gasteiger charge is 2.17. The van der Waals surface area contributed by atoms with Crippen LogP contribution < -0.4 is 0 Å². The number of imidazole rings is 1. The van der Waals surface area contributed by atoms with E-state index in [4.69, 9.17) is 34.8 Å². The molecule has 1 aromatic heterocycles. The highest BCUT2D eigenvalue weighted by Crippen LogP contribution is 2.31. The smallest absolute Gasteiger partial charge is 0.127 e. The summed E-state index contributed by atoms with van der Waals surface area (Å²) in [6.07, 6.45) is 2.50. The summed E-state index contributed by atoms with van der Waals surface area (Å²) >= 11 is 18.4. The average molecular weight is 368 g/mol. The molecule has 0 aliphatic heterocycles. The minimum Gasteiger partial charge on any atom is -0.327 e. The van der Waals surface area contributed by atoms with Gasteiger partial charge < -0.3 is 4.57 Å². The van der Waals surface area contributed by atoms with Gasteiger partial charge in [-0.15, -0.1) is 11.6 Å². The van der Waals surface area contributed by atoms with E-state index >= 15 is 0 Å². The zero-order valence-electron chi connectivity index (χ0n) is 12.1. The number of rotatable bonds is 5. The van der Waals surface area contributed by atoms with E-state index in [1.807, 2.05) is 24.5 Å². The van der Waals surface area contributed by atoms with Crippen LogP contribution in [0.2, 0.25) is 10.0 Å². The zero-order chi connectivity index (χ0) is 15.7. The van der Waals surface area contributed by atoms with Crippen LogP contribution in [-0.4, -0.2) is 25.3 Å². The molecule has 0 aliphatic carbocycles. The van der Waals surface area contributed by atoms with Crippen LogP contribution in [0.5, 0.6) is 0 Å². The lowest BCUT2D eigenvalue weighted by Gasteiger charge is -2.13.